The van der Waals surface area contributed by atoms with Gasteiger partial charge in [0.2, 0.25) is 0 Å². The van der Waals surface area contributed by atoms with Crippen LogP contribution < -0.4 is 5.90 Å². The van der Waals surface area contributed by atoms with E-state index in [0.717, 1.165) is 12.5 Å². The summed E-state index contributed by atoms with van der Waals surface area (Å²) in [6.45, 7) is -0.164. The van der Waals surface area contributed by atoms with Gasteiger partial charge in [-0.3, -0.25) is 14.4 Å². The number of nitrogens with two attached hydrogens (primary N) is 1. The Bertz CT molecular complexity index is 836. The highest BCUT2D eigenvalue weighted by molar-refractivity contribution is 7.90. The van der Waals surface area contributed by atoms with Gasteiger partial charge < -0.3 is 4.84 Å². The first-order valence-electron chi connectivity index (χ1n) is 7.24. The SMILES string of the molecule is CS(=O)(=O)CCON.CS(=O)(=O)CCON1C(=O)c2ccccc2C1=O.Cl. The zero-order valence-corrected chi connectivity index (χ0v) is 17.1. The minimum absolute atomic E-state index is 0. The smallest absolute Gasteiger partial charge is 0.285 e. The monoisotopic (exact) mass is 444 g/mol. The van der Waals surface area contributed by atoms with E-state index in [1.807, 2.05) is 0 Å². The Morgan fingerprint density at radius 1 is 0.889 bits per heavy atom. The van der Waals surface area contributed by atoms with Gasteiger partial charge in [-0.15, -0.1) is 17.5 Å². The fourth-order valence-corrected chi connectivity index (χ4v) is 2.54. The second-order valence-corrected chi connectivity index (χ2v) is 9.93. The minimum atomic E-state index is -3.19. The topological polar surface area (TPSA) is 150 Å². The Balaban J connectivity index is 0.000000645. The molecule has 0 bridgehead atoms. The number of amides is 2. The number of imide groups is 1. The molecule has 27 heavy (non-hydrogen) atoms. The first kappa shape index (κ1) is 25.4. The van der Waals surface area contributed by atoms with Crippen LogP contribution in [0.15, 0.2) is 24.3 Å². The van der Waals surface area contributed by atoms with Gasteiger partial charge >= 0.3 is 0 Å². The standard InChI is InChI=1S/C11H11NO5S.C3H9NO3S.ClH/c1-18(15,16)7-6-17-12-10(13)8-4-2-3-5-9(8)11(12)14;1-8(5,6)3-2-7-4;/h2-5H,6-7H2,1H3;2-4H2,1H3;1H. The highest BCUT2D eigenvalue weighted by atomic mass is 35.5. The summed E-state index contributed by atoms with van der Waals surface area (Å²) < 4.78 is 42.3. The third-order valence-corrected chi connectivity index (χ3v) is 4.82. The van der Waals surface area contributed by atoms with Crippen LogP contribution in [-0.4, -0.2) is 70.9 Å². The first-order valence-corrected chi connectivity index (χ1v) is 11.4. The van der Waals surface area contributed by atoms with Gasteiger partial charge in [-0.05, 0) is 12.1 Å². The molecule has 13 heteroatoms. The summed E-state index contributed by atoms with van der Waals surface area (Å²) in [5, 5.41) is 0.607. The normalized spacial score (nSPS) is 13.5. The molecule has 1 aromatic rings. The van der Waals surface area contributed by atoms with Crippen LogP contribution >= 0.6 is 12.4 Å². The zero-order valence-electron chi connectivity index (χ0n) is 14.7. The van der Waals surface area contributed by atoms with Crippen molar-refractivity contribution < 1.29 is 36.1 Å². The van der Waals surface area contributed by atoms with Gasteiger partial charge in [-0.25, -0.2) is 22.7 Å². The van der Waals surface area contributed by atoms with E-state index in [2.05, 4.69) is 10.7 Å². The molecular weight excluding hydrogens is 424 g/mol. The van der Waals surface area contributed by atoms with Gasteiger partial charge in [-0.2, -0.15) is 0 Å². The minimum Gasteiger partial charge on any atom is -0.304 e. The van der Waals surface area contributed by atoms with Crippen LogP contribution in [0, 0.1) is 0 Å². The van der Waals surface area contributed by atoms with Gasteiger partial charge in [0.05, 0.1) is 35.8 Å². The van der Waals surface area contributed by atoms with E-state index in [9.17, 15) is 26.4 Å². The summed E-state index contributed by atoms with van der Waals surface area (Å²) in [4.78, 5) is 32.6. The number of carbonyl (C=O) groups is 2. The van der Waals surface area contributed by atoms with E-state index >= 15 is 0 Å². The molecule has 2 amide bonds. The van der Waals surface area contributed by atoms with Gasteiger partial charge in [0.15, 0.2) is 0 Å². The number of fused-ring (bicyclic) bond motifs is 1. The van der Waals surface area contributed by atoms with Crippen molar-refractivity contribution in [1.29, 1.82) is 0 Å². The molecule has 0 saturated carbocycles. The molecule has 0 radical (unpaired) electrons. The Hall–Kier alpha value is -1.57. The van der Waals surface area contributed by atoms with Gasteiger partial charge in [-0.1, -0.05) is 12.1 Å². The Labute approximate surface area is 163 Å². The van der Waals surface area contributed by atoms with E-state index in [1.165, 1.54) is 12.1 Å². The molecule has 0 aliphatic carbocycles. The molecule has 0 atom stereocenters. The number of halogens is 1. The number of nitrogens with zero attached hydrogens (tertiary/aromatic N) is 1. The van der Waals surface area contributed by atoms with Gasteiger partial charge in [0.1, 0.15) is 19.7 Å². The fourth-order valence-electron chi connectivity index (χ4n) is 1.76. The molecule has 2 N–H and O–H groups in total. The molecular formula is C14H21ClN2O8S2. The number of carbonyl (C=O) groups excluding carboxylic acids is 2. The van der Waals surface area contributed by atoms with E-state index in [0.29, 0.717) is 5.06 Å². The summed E-state index contributed by atoms with van der Waals surface area (Å²) in [5.41, 5.74) is 0.531. The Kier molecular flexibility index (Phi) is 10.1. The van der Waals surface area contributed by atoms with Gasteiger partial charge in [0, 0.05) is 12.5 Å². The number of rotatable bonds is 7. The molecule has 0 saturated heterocycles. The molecule has 0 fully saturated rings. The number of hydroxylamine groups is 2. The molecule has 0 spiro atoms. The molecule has 1 aliphatic rings. The second-order valence-electron chi connectivity index (χ2n) is 5.41. The molecule has 154 valence electrons. The number of benzene rings is 1. The lowest BCUT2D eigenvalue weighted by molar-refractivity contribution is -0.0855. The van der Waals surface area contributed by atoms with Crippen molar-refractivity contribution >= 4 is 43.9 Å². The van der Waals surface area contributed by atoms with Crippen molar-refractivity contribution in [2.24, 2.45) is 5.90 Å². The molecule has 1 aromatic carbocycles. The molecule has 0 aromatic heterocycles. The molecule has 10 nitrogen and oxygen atoms in total. The maximum atomic E-state index is 11.8. The van der Waals surface area contributed by atoms with Crippen LogP contribution in [0.1, 0.15) is 20.7 Å². The predicted molar refractivity (Wildman–Crippen MR) is 99.7 cm³/mol. The van der Waals surface area contributed by atoms with Crippen molar-refractivity contribution in [1.82, 2.24) is 5.06 Å². The second kappa shape index (κ2) is 10.7. The predicted octanol–water partition coefficient (Wildman–Crippen LogP) is -0.398. The average molecular weight is 445 g/mol. The summed E-state index contributed by atoms with van der Waals surface area (Å²) in [7, 11) is -6.08. The van der Waals surface area contributed by atoms with Crippen molar-refractivity contribution in [3.05, 3.63) is 35.4 Å². The third-order valence-electron chi connectivity index (χ3n) is 3.00. The summed E-state index contributed by atoms with van der Waals surface area (Å²) in [5.74, 6) is 3.18. The lowest BCUT2D eigenvalue weighted by Crippen LogP contribution is -2.31. The molecule has 1 heterocycles. The first-order chi connectivity index (χ1) is 12.0. The lowest BCUT2D eigenvalue weighted by Gasteiger charge is -2.12. The summed E-state index contributed by atoms with van der Waals surface area (Å²) in [6, 6.07) is 6.33. The van der Waals surface area contributed by atoms with Crippen molar-refractivity contribution in [3.8, 4) is 0 Å². The van der Waals surface area contributed by atoms with E-state index in [1.54, 1.807) is 12.1 Å². The van der Waals surface area contributed by atoms with Crippen molar-refractivity contribution in [2.45, 2.75) is 0 Å². The van der Waals surface area contributed by atoms with E-state index in [4.69, 9.17) is 4.84 Å². The highest BCUT2D eigenvalue weighted by Crippen LogP contribution is 2.22. The molecule has 0 unspecified atom stereocenters. The maximum Gasteiger partial charge on any atom is 0.285 e. The van der Waals surface area contributed by atoms with Crippen LogP contribution in [0.3, 0.4) is 0 Å². The lowest BCUT2D eigenvalue weighted by atomic mass is 10.1. The number of hydrogen-bond acceptors (Lipinski definition) is 9. The largest absolute Gasteiger partial charge is 0.304 e. The fraction of sp³-hybridized carbons (Fsp3) is 0.429. The van der Waals surface area contributed by atoms with Crippen LogP contribution in [-0.2, 0) is 29.3 Å². The Morgan fingerprint density at radius 3 is 1.63 bits per heavy atom. The molecule has 1 aliphatic heterocycles. The van der Waals surface area contributed by atoms with E-state index < -0.39 is 31.5 Å². The van der Waals surface area contributed by atoms with Crippen LogP contribution in [0.2, 0.25) is 0 Å². The van der Waals surface area contributed by atoms with E-state index in [-0.39, 0.29) is 48.3 Å². The Morgan fingerprint density at radius 2 is 1.30 bits per heavy atom. The highest BCUT2D eigenvalue weighted by Gasteiger charge is 2.36. The number of hydrogen-bond donors (Lipinski definition) is 1. The van der Waals surface area contributed by atoms with Crippen LogP contribution in [0.4, 0.5) is 0 Å². The zero-order chi connectivity index (χ0) is 20.0. The number of sulfone groups is 2. The quantitative estimate of drug-likeness (QED) is 0.437. The van der Waals surface area contributed by atoms with Crippen molar-refractivity contribution in [2.75, 3.05) is 37.2 Å². The van der Waals surface area contributed by atoms with Crippen molar-refractivity contribution in [3.63, 3.8) is 0 Å². The van der Waals surface area contributed by atoms with Crippen LogP contribution in [0.25, 0.3) is 0 Å². The van der Waals surface area contributed by atoms with Crippen LogP contribution in [0.5, 0.6) is 0 Å². The molecule has 2 rings (SSSR count). The van der Waals surface area contributed by atoms with Gasteiger partial charge in [0.25, 0.3) is 11.8 Å². The third kappa shape index (κ3) is 8.77. The average Bonchev–Trinajstić information content (AvgIpc) is 2.77. The maximum absolute atomic E-state index is 11.8. The summed E-state index contributed by atoms with van der Waals surface area (Å²) >= 11 is 0. The summed E-state index contributed by atoms with van der Waals surface area (Å²) in [6.07, 6.45) is 2.19.